The first kappa shape index (κ1) is 13.6. The van der Waals surface area contributed by atoms with Gasteiger partial charge in [0.1, 0.15) is 5.75 Å². The molecule has 1 aliphatic carbocycles. The maximum absolute atomic E-state index is 11.5. The van der Waals surface area contributed by atoms with Gasteiger partial charge < -0.3 is 15.4 Å². The monoisotopic (exact) mass is 260 g/mol. The normalized spacial score (nSPS) is 13.9. The molecule has 102 valence electrons. The van der Waals surface area contributed by atoms with E-state index in [9.17, 15) is 4.79 Å². The zero-order valence-electron chi connectivity index (χ0n) is 11.0. The number of hydrogen-bond donors (Lipinski definition) is 2. The van der Waals surface area contributed by atoms with E-state index in [1.165, 1.54) is 12.8 Å². The van der Waals surface area contributed by atoms with Gasteiger partial charge in [-0.2, -0.15) is 0 Å². The average molecular weight is 260 g/mol. The van der Waals surface area contributed by atoms with Crippen molar-refractivity contribution in [2.75, 3.05) is 13.2 Å². The van der Waals surface area contributed by atoms with Crippen LogP contribution in [0.15, 0.2) is 36.9 Å². The van der Waals surface area contributed by atoms with Gasteiger partial charge in [-0.05, 0) is 18.9 Å². The Morgan fingerprint density at radius 3 is 2.95 bits per heavy atom. The van der Waals surface area contributed by atoms with E-state index in [-0.39, 0.29) is 12.5 Å². The van der Waals surface area contributed by atoms with Crippen molar-refractivity contribution in [1.82, 2.24) is 10.6 Å². The molecule has 4 nitrogen and oxygen atoms in total. The highest BCUT2D eigenvalue weighted by molar-refractivity contribution is 5.77. The Morgan fingerprint density at radius 2 is 2.21 bits per heavy atom. The zero-order chi connectivity index (χ0) is 13.5. The second-order valence-corrected chi connectivity index (χ2v) is 4.64. The first-order valence-electron chi connectivity index (χ1n) is 6.61. The molecule has 0 aliphatic heterocycles. The molecule has 1 fully saturated rings. The lowest BCUT2D eigenvalue weighted by molar-refractivity contribution is -0.122. The minimum absolute atomic E-state index is 0.0360. The minimum Gasteiger partial charge on any atom is -0.483 e. The lowest BCUT2D eigenvalue weighted by atomic mass is 10.2. The van der Waals surface area contributed by atoms with Gasteiger partial charge in [0.15, 0.2) is 6.61 Å². The molecule has 4 heteroatoms. The third-order valence-electron chi connectivity index (χ3n) is 2.93. The summed E-state index contributed by atoms with van der Waals surface area (Å²) in [5.41, 5.74) is 1.09. The van der Waals surface area contributed by atoms with Crippen molar-refractivity contribution in [2.24, 2.45) is 0 Å². The molecule has 1 amide bonds. The summed E-state index contributed by atoms with van der Waals surface area (Å²) >= 11 is 0. The van der Waals surface area contributed by atoms with Gasteiger partial charge >= 0.3 is 0 Å². The van der Waals surface area contributed by atoms with E-state index in [2.05, 4.69) is 17.2 Å². The van der Waals surface area contributed by atoms with Crippen LogP contribution in [0.4, 0.5) is 0 Å². The van der Waals surface area contributed by atoms with Crippen molar-refractivity contribution in [3.63, 3.8) is 0 Å². The lowest BCUT2D eigenvalue weighted by Crippen LogP contribution is -2.29. The van der Waals surface area contributed by atoms with Gasteiger partial charge in [0, 0.05) is 24.7 Å². The van der Waals surface area contributed by atoms with Crippen LogP contribution in [0.1, 0.15) is 18.4 Å². The van der Waals surface area contributed by atoms with Crippen LogP contribution >= 0.6 is 0 Å². The SMILES string of the molecule is C=CCNC(=O)COc1ccccc1CNC1CC1. The van der Waals surface area contributed by atoms with Crippen molar-refractivity contribution in [2.45, 2.75) is 25.4 Å². The molecule has 0 saturated heterocycles. The highest BCUT2D eigenvalue weighted by atomic mass is 16.5. The second-order valence-electron chi connectivity index (χ2n) is 4.64. The molecular formula is C15H20N2O2. The summed E-state index contributed by atoms with van der Waals surface area (Å²) in [7, 11) is 0. The predicted octanol–water partition coefficient (Wildman–Crippen LogP) is 1.62. The molecule has 2 rings (SSSR count). The Hall–Kier alpha value is -1.81. The Kier molecular flexibility index (Phi) is 4.98. The molecule has 1 saturated carbocycles. The number of amides is 1. The zero-order valence-corrected chi connectivity index (χ0v) is 11.0. The average Bonchev–Trinajstić information content (AvgIpc) is 3.25. The van der Waals surface area contributed by atoms with Crippen LogP contribution in [-0.2, 0) is 11.3 Å². The molecule has 1 aromatic rings. The summed E-state index contributed by atoms with van der Waals surface area (Å²) in [4.78, 5) is 11.5. The molecule has 0 unspecified atom stereocenters. The number of carbonyl (C=O) groups is 1. The Morgan fingerprint density at radius 1 is 1.42 bits per heavy atom. The number of hydrogen-bond acceptors (Lipinski definition) is 3. The minimum atomic E-state index is -0.134. The molecule has 0 atom stereocenters. The van der Waals surface area contributed by atoms with Crippen LogP contribution in [0.2, 0.25) is 0 Å². The van der Waals surface area contributed by atoms with Gasteiger partial charge in [0.05, 0.1) is 0 Å². The van der Waals surface area contributed by atoms with Crippen LogP contribution in [0, 0.1) is 0 Å². The molecule has 0 aromatic heterocycles. The number of nitrogens with one attached hydrogen (secondary N) is 2. The smallest absolute Gasteiger partial charge is 0.258 e. The summed E-state index contributed by atoms with van der Waals surface area (Å²) < 4.78 is 5.56. The molecule has 0 radical (unpaired) electrons. The molecule has 1 aromatic carbocycles. The highest BCUT2D eigenvalue weighted by Crippen LogP contribution is 2.22. The van der Waals surface area contributed by atoms with Gasteiger partial charge in [-0.1, -0.05) is 24.3 Å². The van der Waals surface area contributed by atoms with Gasteiger partial charge in [-0.3, -0.25) is 4.79 Å². The molecular weight excluding hydrogens is 240 g/mol. The largest absolute Gasteiger partial charge is 0.483 e. The van der Waals surface area contributed by atoms with Gasteiger partial charge in [0.2, 0.25) is 0 Å². The summed E-state index contributed by atoms with van der Waals surface area (Å²) in [5, 5.41) is 6.13. The summed E-state index contributed by atoms with van der Waals surface area (Å²) in [6.45, 7) is 4.84. The fourth-order valence-electron chi connectivity index (χ4n) is 1.71. The third kappa shape index (κ3) is 4.75. The van der Waals surface area contributed by atoms with Crippen molar-refractivity contribution in [3.05, 3.63) is 42.5 Å². The van der Waals surface area contributed by atoms with Crippen molar-refractivity contribution < 1.29 is 9.53 Å². The van der Waals surface area contributed by atoms with E-state index in [1.807, 2.05) is 24.3 Å². The fourth-order valence-corrected chi connectivity index (χ4v) is 1.71. The fraction of sp³-hybridized carbons (Fsp3) is 0.400. The summed E-state index contributed by atoms with van der Waals surface area (Å²) in [5.74, 6) is 0.634. The van der Waals surface area contributed by atoms with Gasteiger partial charge in [-0.15, -0.1) is 6.58 Å². The van der Waals surface area contributed by atoms with E-state index >= 15 is 0 Å². The molecule has 0 spiro atoms. The van der Waals surface area contributed by atoms with Gasteiger partial charge in [-0.25, -0.2) is 0 Å². The Bertz CT molecular complexity index is 442. The van der Waals surface area contributed by atoms with Crippen molar-refractivity contribution in [3.8, 4) is 5.75 Å². The number of carbonyl (C=O) groups excluding carboxylic acids is 1. The standard InChI is InChI=1S/C15H20N2O2/c1-2-9-16-15(18)11-19-14-6-4-3-5-12(14)10-17-13-7-8-13/h2-6,13,17H,1,7-11H2,(H,16,18). The van der Waals surface area contributed by atoms with E-state index in [4.69, 9.17) is 4.74 Å². The maximum atomic E-state index is 11.5. The highest BCUT2D eigenvalue weighted by Gasteiger charge is 2.20. The molecule has 19 heavy (non-hydrogen) atoms. The molecule has 0 bridgehead atoms. The molecule has 0 heterocycles. The number of rotatable bonds is 8. The predicted molar refractivity (Wildman–Crippen MR) is 75.0 cm³/mol. The number of benzene rings is 1. The van der Waals surface area contributed by atoms with Crippen LogP contribution < -0.4 is 15.4 Å². The second kappa shape index (κ2) is 6.95. The topological polar surface area (TPSA) is 50.4 Å². The molecule has 1 aliphatic rings. The van der Waals surface area contributed by atoms with E-state index in [1.54, 1.807) is 6.08 Å². The summed E-state index contributed by atoms with van der Waals surface area (Å²) in [6.07, 6.45) is 4.16. The van der Waals surface area contributed by atoms with Gasteiger partial charge in [0.25, 0.3) is 5.91 Å². The first-order chi connectivity index (χ1) is 9.29. The van der Waals surface area contributed by atoms with Crippen LogP contribution in [-0.4, -0.2) is 25.1 Å². The van der Waals surface area contributed by atoms with Crippen molar-refractivity contribution in [1.29, 1.82) is 0 Å². The molecule has 2 N–H and O–H groups in total. The quantitative estimate of drug-likeness (QED) is 0.698. The maximum Gasteiger partial charge on any atom is 0.258 e. The first-order valence-corrected chi connectivity index (χ1v) is 6.61. The Labute approximate surface area is 113 Å². The van der Waals surface area contributed by atoms with Crippen LogP contribution in [0.25, 0.3) is 0 Å². The van der Waals surface area contributed by atoms with E-state index in [0.717, 1.165) is 17.9 Å². The van der Waals surface area contributed by atoms with Crippen molar-refractivity contribution >= 4 is 5.91 Å². The lowest BCUT2D eigenvalue weighted by Gasteiger charge is -2.11. The third-order valence-corrected chi connectivity index (χ3v) is 2.93. The number of para-hydroxylation sites is 1. The van der Waals surface area contributed by atoms with E-state index in [0.29, 0.717) is 12.6 Å². The van der Waals surface area contributed by atoms with Crippen LogP contribution in [0.3, 0.4) is 0 Å². The Balaban J connectivity index is 1.83. The summed E-state index contributed by atoms with van der Waals surface area (Å²) in [6, 6.07) is 8.47. The van der Waals surface area contributed by atoms with Crippen LogP contribution in [0.5, 0.6) is 5.75 Å². The van der Waals surface area contributed by atoms with E-state index < -0.39 is 0 Å². The number of ether oxygens (including phenoxy) is 1.